The molecule has 154 valence electrons. The van der Waals surface area contributed by atoms with E-state index in [0.29, 0.717) is 41.8 Å². The number of piperazine rings is 1. The number of benzene rings is 1. The van der Waals surface area contributed by atoms with E-state index in [0.717, 1.165) is 10.4 Å². The number of pyridine rings is 1. The van der Waals surface area contributed by atoms with Crippen LogP contribution >= 0.6 is 11.3 Å². The smallest absolute Gasteiger partial charge is 0.269 e. The largest absolute Gasteiger partial charge is 0.492 e. The fourth-order valence-electron chi connectivity index (χ4n) is 3.21. The maximum atomic E-state index is 12.9. The topological polar surface area (TPSA) is 83.6 Å². The number of nitrogens with one attached hydrogen (secondary N) is 2. The molecule has 1 aliphatic rings. The average Bonchev–Trinajstić information content (AvgIpc) is 3.19. The summed E-state index contributed by atoms with van der Waals surface area (Å²) in [6, 6.07) is 15.4. The number of carbonyl (C=O) groups is 2. The zero-order chi connectivity index (χ0) is 20.9. The predicted molar refractivity (Wildman–Crippen MR) is 118 cm³/mol. The van der Waals surface area contributed by atoms with E-state index in [1.807, 2.05) is 54.3 Å². The fraction of sp³-hybridized carbons (Fsp3) is 0.227. The number of amides is 2. The third-order valence-corrected chi connectivity index (χ3v) is 5.79. The van der Waals surface area contributed by atoms with Gasteiger partial charge < -0.3 is 20.3 Å². The molecule has 1 fully saturated rings. The Balaban J connectivity index is 1.50. The molecule has 1 aromatic carbocycles. The normalized spacial score (nSPS) is 13.6. The molecule has 0 radical (unpaired) electrons. The van der Waals surface area contributed by atoms with E-state index >= 15 is 0 Å². The number of hydrogen-bond donors (Lipinski definition) is 2. The minimum Gasteiger partial charge on any atom is -0.492 e. The highest BCUT2D eigenvalue weighted by Gasteiger charge is 2.20. The molecule has 0 atom stereocenters. The van der Waals surface area contributed by atoms with Gasteiger partial charge in [0.2, 0.25) is 5.91 Å². The lowest BCUT2D eigenvalue weighted by Gasteiger charge is -2.27. The van der Waals surface area contributed by atoms with E-state index < -0.39 is 0 Å². The number of rotatable bonds is 6. The fourth-order valence-corrected chi connectivity index (χ4v) is 4.21. The molecule has 2 N–H and O–H groups in total. The van der Waals surface area contributed by atoms with E-state index in [1.165, 1.54) is 11.3 Å². The summed E-state index contributed by atoms with van der Waals surface area (Å²) >= 11 is 1.40. The molecular weight excluding hydrogens is 400 g/mol. The molecule has 0 spiro atoms. The summed E-state index contributed by atoms with van der Waals surface area (Å²) in [7, 11) is 0. The van der Waals surface area contributed by atoms with Crippen molar-refractivity contribution in [3.63, 3.8) is 0 Å². The minimum atomic E-state index is -0.238. The van der Waals surface area contributed by atoms with Crippen molar-refractivity contribution in [1.82, 2.24) is 10.3 Å². The average molecular weight is 423 g/mol. The van der Waals surface area contributed by atoms with Crippen LogP contribution in [0.25, 0.3) is 10.4 Å². The maximum absolute atomic E-state index is 12.9. The molecule has 3 heterocycles. The van der Waals surface area contributed by atoms with Crippen molar-refractivity contribution in [3.8, 4) is 16.2 Å². The number of nitrogens with zero attached hydrogens (tertiary/aromatic N) is 2. The van der Waals surface area contributed by atoms with Gasteiger partial charge in [0, 0.05) is 18.0 Å². The molecule has 0 saturated carbocycles. The van der Waals surface area contributed by atoms with Crippen LogP contribution in [0.15, 0.2) is 54.7 Å². The standard InChI is InChI=1S/C22H22N4O3S/c1-2-29-17-12-18(15-6-4-3-5-7-15)30-21(17)22(28)25-16-8-9-19(24-13-16)26-11-10-23-20(27)14-26/h3-9,12-13H,2,10-11,14H2,1H3,(H,23,27)(H,25,28). The van der Waals surface area contributed by atoms with Gasteiger partial charge in [-0.2, -0.15) is 0 Å². The molecule has 3 aromatic rings. The summed E-state index contributed by atoms with van der Waals surface area (Å²) in [6.45, 7) is 3.96. The third kappa shape index (κ3) is 4.44. The Morgan fingerprint density at radius 2 is 2.10 bits per heavy atom. The third-order valence-electron chi connectivity index (χ3n) is 4.63. The Labute approximate surface area is 178 Å². The number of thiophene rings is 1. The van der Waals surface area contributed by atoms with Crippen LogP contribution in [0.3, 0.4) is 0 Å². The zero-order valence-electron chi connectivity index (χ0n) is 16.6. The molecule has 4 rings (SSSR count). The lowest BCUT2D eigenvalue weighted by Crippen LogP contribution is -2.48. The van der Waals surface area contributed by atoms with Gasteiger partial charge in [-0.3, -0.25) is 9.59 Å². The Bertz CT molecular complexity index is 1030. The van der Waals surface area contributed by atoms with Crippen LogP contribution in [-0.4, -0.2) is 43.0 Å². The molecular formula is C22H22N4O3S. The van der Waals surface area contributed by atoms with Gasteiger partial charge in [-0.25, -0.2) is 4.98 Å². The second kappa shape index (κ2) is 8.96. The summed E-state index contributed by atoms with van der Waals surface area (Å²) in [5.41, 5.74) is 1.63. The highest BCUT2D eigenvalue weighted by molar-refractivity contribution is 7.17. The van der Waals surface area contributed by atoms with Gasteiger partial charge in [-0.15, -0.1) is 11.3 Å². The highest BCUT2D eigenvalue weighted by atomic mass is 32.1. The van der Waals surface area contributed by atoms with Crippen LogP contribution in [0.4, 0.5) is 11.5 Å². The van der Waals surface area contributed by atoms with Gasteiger partial charge in [0.15, 0.2) is 0 Å². The molecule has 0 aliphatic carbocycles. The van der Waals surface area contributed by atoms with Crippen molar-refractivity contribution in [2.24, 2.45) is 0 Å². The summed E-state index contributed by atoms with van der Waals surface area (Å²) < 4.78 is 5.70. The summed E-state index contributed by atoms with van der Waals surface area (Å²) in [6.07, 6.45) is 1.60. The van der Waals surface area contributed by atoms with Gasteiger partial charge in [-0.1, -0.05) is 30.3 Å². The molecule has 1 aliphatic heterocycles. The molecule has 2 aromatic heterocycles. The first-order chi connectivity index (χ1) is 14.6. The minimum absolute atomic E-state index is 0.0178. The predicted octanol–water partition coefficient (Wildman–Crippen LogP) is 3.40. The second-order valence-corrected chi connectivity index (χ2v) is 7.79. The van der Waals surface area contributed by atoms with E-state index in [4.69, 9.17) is 4.74 Å². The van der Waals surface area contributed by atoms with Crippen molar-refractivity contribution >= 4 is 34.7 Å². The lowest BCUT2D eigenvalue weighted by atomic mass is 10.2. The number of anilines is 2. The van der Waals surface area contributed by atoms with Gasteiger partial charge in [-0.05, 0) is 30.7 Å². The van der Waals surface area contributed by atoms with Crippen LogP contribution in [0.2, 0.25) is 0 Å². The summed E-state index contributed by atoms with van der Waals surface area (Å²) in [5.74, 6) is 1.02. The van der Waals surface area contributed by atoms with Gasteiger partial charge in [0.25, 0.3) is 5.91 Å². The quantitative estimate of drug-likeness (QED) is 0.636. The van der Waals surface area contributed by atoms with Crippen LogP contribution in [0.5, 0.6) is 5.75 Å². The van der Waals surface area contributed by atoms with Crippen LogP contribution in [-0.2, 0) is 4.79 Å². The summed E-state index contributed by atoms with van der Waals surface area (Å²) in [4.78, 5) is 32.3. The zero-order valence-corrected chi connectivity index (χ0v) is 17.4. The number of aromatic nitrogens is 1. The van der Waals surface area contributed by atoms with Crippen molar-refractivity contribution in [2.45, 2.75) is 6.92 Å². The highest BCUT2D eigenvalue weighted by Crippen LogP contribution is 2.36. The van der Waals surface area contributed by atoms with Crippen molar-refractivity contribution < 1.29 is 14.3 Å². The Hall–Kier alpha value is -3.39. The van der Waals surface area contributed by atoms with Crippen LogP contribution in [0, 0.1) is 0 Å². The van der Waals surface area contributed by atoms with Crippen LogP contribution in [0.1, 0.15) is 16.6 Å². The number of ether oxygens (including phenoxy) is 1. The summed E-state index contributed by atoms with van der Waals surface area (Å²) in [5, 5.41) is 5.68. The molecule has 30 heavy (non-hydrogen) atoms. The number of hydrogen-bond acceptors (Lipinski definition) is 6. The first kappa shape index (κ1) is 19.9. The second-order valence-electron chi connectivity index (χ2n) is 6.73. The van der Waals surface area contributed by atoms with Gasteiger partial charge >= 0.3 is 0 Å². The van der Waals surface area contributed by atoms with Crippen molar-refractivity contribution in [2.75, 3.05) is 36.5 Å². The molecule has 2 amide bonds. The molecule has 7 nitrogen and oxygen atoms in total. The first-order valence-corrected chi connectivity index (χ1v) is 10.6. The van der Waals surface area contributed by atoms with Crippen molar-refractivity contribution in [1.29, 1.82) is 0 Å². The Morgan fingerprint density at radius 1 is 1.27 bits per heavy atom. The van der Waals surface area contributed by atoms with Gasteiger partial charge in [0.1, 0.15) is 16.4 Å². The molecule has 0 unspecified atom stereocenters. The SMILES string of the molecule is CCOc1cc(-c2ccccc2)sc1C(=O)Nc1ccc(N2CCNC(=O)C2)nc1. The maximum Gasteiger partial charge on any atom is 0.269 e. The van der Waals surface area contributed by atoms with Crippen molar-refractivity contribution in [3.05, 3.63) is 59.6 Å². The first-order valence-electron chi connectivity index (χ1n) is 9.75. The van der Waals surface area contributed by atoms with E-state index in [2.05, 4.69) is 15.6 Å². The molecule has 0 bridgehead atoms. The lowest BCUT2D eigenvalue weighted by molar-refractivity contribution is -0.120. The van der Waals surface area contributed by atoms with E-state index in [-0.39, 0.29) is 18.4 Å². The number of carbonyl (C=O) groups excluding carboxylic acids is 2. The monoisotopic (exact) mass is 422 g/mol. The Morgan fingerprint density at radius 3 is 2.80 bits per heavy atom. The Kier molecular flexibility index (Phi) is 5.94. The van der Waals surface area contributed by atoms with Crippen LogP contribution < -0.4 is 20.3 Å². The van der Waals surface area contributed by atoms with E-state index in [1.54, 1.807) is 12.3 Å². The van der Waals surface area contributed by atoms with Gasteiger partial charge in [0.05, 0.1) is 25.0 Å². The molecule has 8 heteroatoms. The molecule has 1 saturated heterocycles. The van der Waals surface area contributed by atoms with E-state index in [9.17, 15) is 9.59 Å².